The van der Waals surface area contributed by atoms with Gasteiger partial charge in [-0.05, 0) is 50.1 Å². The Morgan fingerprint density at radius 3 is 2.59 bits per heavy atom. The van der Waals surface area contributed by atoms with Crippen LogP contribution in [-0.4, -0.2) is 30.9 Å². The van der Waals surface area contributed by atoms with E-state index in [4.69, 9.17) is 14.2 Å². The van der Waals surface area contributed by atoms with Crippen molar-refractivity contribution in [1.82, 2.24) is 4.57 Å². The van der Waals surface area contributed by atoms with Gasteiger partial charge in [0.2, 0.25) is 0 Å². The summed E-state index contributed by atoms with van der Waals surface area (Å²) in [5, 5.41) is 0. The number of rotatable bonds is 8. The Morgan fingerprint density at radius 1 is 1.22 bits per heavy atom. The monoisotopic (exact) mass is 582 g/mol. The lowest BCUT2D eigenvalue weighted by molar-refractivity contribution is -0.139. The molecule has 0 bridgehead atoms. The third-order valence-corrected chi connectivity index (χ3v) is 7.51. The first-order valence-corrected chi connectivity index (χ1v) is 13.3. The maximum atomic E-state index is 13.8. The molecule has 0 radical (unpaired) electrons. The maximum Gasteiger partial charge on any atom is 0.338 e. The van der Waals surface area contributed by atoms with Crippen molar-refractivity contribution in [2.75, 3.05) is 20.3 Å². The number of aryl methyl sites for hydroxylation is 1. The van der Waals surface area contributed by atoms with E-state index in [1.165, 1.54) is 11.3 Å². The molecule has 2 aromatic carbocycles. The number of aromatic nitrogens is 1. The van der Waals surface area contributed by atoms with Gasteiger partial charge in [0.15, 0.2) is 16.3 Å². The SMILES string of the molecule is C=CCOc1cc(Br)c(/C=c2/sc3n(c2=O)[C@H](c2ccc(C)cc2)C(C(=O)OCC)=C(C)N=3)cc1OC. The summed E-state index contributed by atoms with van der Waals surface area (Å²) in [5.74, 6) is 0.607. The minimum atomic E-state index is -0.647. The number of carbonyl (C=O) groups excluding carboxylic acids is 1. The summed E-state index contributed by atoms with van der Waals surface area (Å²) in [7, 11) is 1.56. The van der Waals surface area contributed by atoms with Crippen LogP contribution >= 0.6 is 27.3 Å². The van der Waals surface area contributed by atoms with Crippen molar-refractivity contribution in [2.45, 2.75) is 26.8 Å². The molecule has 0 aliphatic carbocycles. The van der Waals surface area contributed by atoms with Crippen molar-refractivity contribution >= 4 is 39.3 Å². The van der Waals surface area contributed by atoms with Crippen LogP contribution in [0.3, 0.4) is 0 Å². The average Bonchev–Trinajstić information content (AvgIpc) is 3.18. The van der Waals surface area contributed by atoms with Gasteiger partial charge in [-0.15, -0.1) is 0 Å². The molecule has 7 nitrogen and oxygen atoms in total. The summed E-state index contributed by atoms with van der Waals surface area (Å²) < 4.78 is 19.3. The second-order valence-corrected chi connectivity index (χ2v) is 10.2. The summed E-state index contributed by atoms with van der Waals surface area (Å²) >= 11 is 4.84. The molecule has 9 heteroatoms. The van der Waals surface area contributed by atoms with Gasteiger partial charge in [-0.3, -0.25) is 9.36 Å². The molecule has 0 amide bonds. The molecule has 0 saturated heterocycles. The molecule has 0 saturated carbocycles. The molecule has 1 aliphatic rings. The molecule has 192 valence electrons. The Morgan fingerprint density at radius 2 is 1.95 bits per heavy atom. The minimum Gasteiger partial charge on any atom is -0.493 e. The first kappa shape index (κ1) is 26.6. The maximum absolute atomic E-state index is 13.8. The van der Waals surface area contributed by atoms with Gasteiger partial charge >= 0.3 is 5.97 Å². The number of nitrogens with zero attached hydrogens (tertiary/aromatic N) is 2. The highest BCUT2D eigenvalue weighted by molar-refractivity contribution is 9.10. The summed E-state index contributed by atoms with van der Waals surface area (Å²) in [6.45, 7) is 9.75. The van der Waals surface area contributed by atoms with Crippen LogP contribution in [0, 0.1) is 6.92 Å². The molecule has 4 rings (SSSR count). The lowest BCUT2D eigenvalue weighted by atomic mass is 9.95. The van der Waals surface area contributed by atoms with Crippen LogP contribution in [0.2, 0.25) is 0 Å². The van der Waals surface area contributed by atoms with E-state index in [1.54, 1.807) is 49.8 Å². The van der Waals surface area contributed by atoms with Crippen molar-refractivity contribution in [3.63, 3.8) is 0 Å². The molecule has 1 aromatic heterocycles. The van der Waals surface area contributed by atoms with Gasteiger partial charge in [0.25, 0.3) is 5.56 Å². The topological polar surface area (TPSA) is 79.1 Å². The number of benzene rings is 2. The van der Waals surface area contributed by atoms with Gasteiger partial charge in [-0.2, -0.15) is 0 Å². The van der Waals surface area contributed by atoms with Gasteiger partial charge in [0, 0.05) is 4.47 Å². The van der Waals surface area contributed by atoms with E-state index in [9.17, 15) is 9.59 Å². The molecular formula is C28H27BrN2O5S. The number of carbonyl (C=O) groups is 1. The quantitative estimate of drug-likeness (QED) is 0.290. The van der Waals surface area contributed by atoms with E-state index >= 15 is 0 Å². The van der Waals surface area contributed by atoms with E-state index in [2.05, 4.69) is 27.5 Å². The molecule has 0 spiro atoms. The Balaban J connectivity index is 1.91. The van der Waals surface area contributed by atoms with Gasteiger partial charge in [0.1, 0.15) is 6.61 Å². The van der Waals surface area contributed by atoms with Crippen molar-refractivity contribution in [1.29, 1.82) is 0 Å². The van der Waals surface area contributed by atoms with Crippen molar-refractivity contribution in [2.24, 2.45) is 4.99 Å². The van der Waals surface area contributed by atoms with Crippen LogP contribution in [-0.2, 0) is 9.53 Å². The van der Waals surface area contributed by atoms with Crippen LogP contribution in [0.4, 0.5) is 0 Å². The number of fused-ring (bicyclic) bond motifs is 1. The number of esters is 1. The van der Waals surface area contributed by atoms with Crippen LogP contribution in [0.5, 0.6) is 11.5 Å². The van der Waals surface area contributed by atoms with Gasteiger partial charge in [-0.1, -0.05) is 69.8 Å². The zero-order chi connectivity index (χ0) is 26.7. The molecule has 0 N–H and O–H groups in total. The van der Waals surface area contributed by atoms with E-state index in [0.717, 1.165) is 21.2 Å². The fraction of sp³-hybridized carbons (Fsp3) is 0.250. The Bertz CT molecular complexity index is 1570. The zero-order valence-electron chi connectivity index (χ0n) is 21.0. The fourth-order valence-corrected chi connectivity index (χ4v) is 5.55. The Hall–Kier alpha value is -3.43. The molecule has 0 unspecified atom stereocenters. The second kappa shape index (κ2) is 11.3. The minimum absolute atomic E-state index is 0.225. The van der Waals surface area contributed by atoms with Crippen molar-refractivity contribution in [3.05, 3.63) is 101 Å². The highest BCUT2D eigenvalue weighted by Crippen LogP contribution is 2.34. The largest absolute Gasteiger partial charge is 0.493 e. The van der Waals surface area contributed by atoms with Crippen LogP contribution < -0.4 is 24.4 Å². The third-order valence-electron chi connectivity index (χ3n) is 5.84. The normalized spacial score (nSPS) is 15.2. The van der Waals surface area contributed by atoms with Crippen LogP contribution in [0.1, 0.15) is 36.6 Å². The molecule has 1 atom stereocenters. The number of ether oxygens (including phenoxy) is 3. The number of hydrogen-bond donors (Lipinski definition) is 0. The molecule has 2 heterocycles. The van der Waals surface area contributed by atoms with Gasteiger partial charge < -0.3 is 14.2 Å². The Kier molecular flexibility index (Phi) is 8.14. The van der Waals surface area contributed by atoms with Gasteiger partial charge in [-0.25, -0.2) is 9.79 Å². The highest BCUT2D eigenvalue weighted by Gasteiger charge is 2.33. The summed E-state index contributed by atoms with van der Waals surface area (Å²) in [5.41, 5.74) is 3.26. The van der Waals surface area contributed by atoms with Crippen molar-refractivity contribution in [3.8, 4) is 11.5 Å². The number of methoxy groups -OCH3 is 1. The molecular weight excluding hydrogens is 556 g/mol. The van der Waals surface area contributed by atoms with Crippen LogP contribution in [0.25, 0.3) is 6.08 Å². The predicted molar refractivity (Wildman–Crippen MR) is 148 cm³/mol. The van der Waals surface area contributed by atoms with Gasteiger partial charge in [0.05, 0.1) is 35.6 Å². The summed E-state index contributed by atoms with van der Waals surface area (Å²) in [6, 6.07) is 10.7. The third kappa shape index (κ3) is 5.33. The summed E-state index contributed by atoms with van der Waals surface area (Å²) in [6.07, 6.45) is 3.43. The molecule has 3 aromatic rings. The predicted octanol–water partition coefficient (Wildman–Crippen LogP) is 4.44. The second-order valence-electron chi connectivity index (χ2n) is 8.34. The lowest BCUT2D eigenvalue weighted by Crippen LogP contribution is -2.39. The van der Waals surface area contributed by atoms with Crippen LogP contribution in [0.15, 0.2) is 74.6 Å². The van der Waals surface area contributed by atoms with E-state index in [1.807, 2.05) is 31.2 Å². The molecule has 1 aliphatic heterocycles. The van der Waals surface area contributed by atoms with E-state index in [-0.39, 0.29) is 12.2 Å². The smallest absolute Gasteiger partial charge is 0.338 e. The van der Waals surface area contributed by atoms with E-state index < -0.39 is 12.0 Å². The zero-order valence-corrected chi connectivity index (χ0v) is 23.4. The Labute approximate surface area is 227 Å². The molecule has 0 fully saturated rings. The number of thiazole rings is 1. The summed E-state index contributed by atoms with van der Waals surface area (Å²) in [4.78, 5) is 31.9. The highest BCUT2D eigenvalue weighted by atomic mass is 79.9. The lowest BCUT2D eigenvalue weighted by Gasteiger charge is -2.24. The first-order valence-electron chi connectivity index (χ1n) is 11.7. The fourth-order valence-electron chi connectivity index (χ4n) is 4.08. The number of hydrogen-bond acceptors (Lipinski definition) is 7. The molecule has 37 heavy (non-hydrogen) atoms. The average molecular weight is 584 g/mol. The standard InChI is InChI=1S/C28H27BrN2O5S/c1-6-12-36-22-15-20(29)19(13-21(22)34-5)14-23-26(32)31-25(18-10-8-16(3)9-11-18)24(27(33)35-7-2)17(4)30-28(31)37-23/h6,8-11,13-15,25H,1,7,12H2,2-5H3/b23-14+/t25-/m1/s1. The van der Waals surface area contributed by atoms with E-state index in [0.29, 0.717) is 38.7 Å². The number of halogens is 1. The van der Waals surface area contributed by atoms with Crippen molar-refractivity contribution < 1.29 is 19.0 Å². The number of allylic oxidation sites excluding steroid dienone is 1. The first-order chi connectivity index (χ1) is 17.8.